The Labute approximate surface area is 140 Å². The summed E-state index contributed by atoms with van der Waals surface area (Å²) in [6.45, 7) is 3.22. The molecule has 2 N–H and O–H groups in total. The molecule has 124 valence electrons. The Hall–Kier alpha value is -1.79. The van der Waals surface area contributed by atoms with E-state index >= 15 is 0 Å². The summed E-state index contributed by atoms with van der Waals surface area (Å²) in [4.78, 5) is 25.6. The third-order valence-electron chi connectivity index (χ3n) is 4.37. The molecule has 7 heteroatoms. The van der Waals surface area contributed by atoms with Gasteiger partial charge in [-0.25, -0.2) is 4.79 Å². The molecule has 2 fully saturated rings. The van der Waals surface area contributed by atoms with Gasteiger partial charge in [-0.3, -0.25) is 4.79 Å². The summed E-state index contributed by atoms with van der Waals surface area (Å²) in [5.74, 6) is -0.0818. The number of rotatable bonds is 2. The highest BCUT2D eigenvalue weighted by Crippen LogP contribution is 2.29. The van der Waals surface area contributed by atoms with Crippen molar-refractivity contribution >= 4 is 23.5 Å². The van der Waals surface area contributed by atoms with E-state index < -0.39 is 11.8 Å². The number of amides is 3. The first-order valence-corrected chi connectivity index (χ1v) is 8.13. The molecule has 0 aromatic heterocycles. The molecule has 1 aromatic rings. The van der Waals surface area contributed by atoms with Crippen molar-refractivity contribution in [3.8, 4) is 0 Å². The zero-order chi connectivity index (χ0) is 16.4. The Morgan fingerprint density at radius 1 is 1.43 bits per heavy atom. The molecule has 2 aliphatic rings. The molecule has 1 unspecified atom stereocenters. The van der Waals surface area contributed by atoms with Crippen molar-refractivity contribution in [2.24, 2.45) is 0 Å². The molecule has 0 aliphatic carbocycles. The molecule has 2 saturated heterocycles. The van der Waals surface area contributed by atoms with Gasteiger partial charge in [-0.2, -0.15) is 0 Å². The zero-order valence-corrected chi connectivity index (χ0v) is 13.7. The first-order valence-electron chi connectivity index (χ1n) is 7.75. The van der Waals surface area contributed by atoms with Gasteiger partial charge in [0.15, 0.2) is 0 Å². The van der Waals surface area contributed by atoms with Crippen molar-refractivity contribution in [3.63, 3.8) is 0 Å². The number of carbonyl (C=O) groups is 2. The van der Waals surface area contributed by atoms with Crippen molar-refractivity contribution in [2.45, 2.75) is 38.1 Å². The molecule has 6 nitrogen and oxygen atoms in total. The lowest BCUT2D eigenvalue weighted by Crippen LogP contribution is -2.54. The van der Waals surface area contributed by atoms with Crippen LogP contribution < -0.4 is 10.6 Å². The molecule has 0 saturated carbocycles. The van der Waals surface area contributed by atoms with Gasteiger partial charge in [-0.1, -0.05) is 29.8 Å². The topological polar surface area (TPSA) is 70.7 Å². The number of carbonyl (C=O) groups excluding carboxylic acids is 2. The van der Waals surface area contributed by atoms with Crippen molar-refractivity contribution < 1.29 is 14.3 Å². The Morgan fingerprint density at radius 3 is 2.74 bits per heavy atom. The van der Waals surface area contributed by atoms with E-state index in [0.29, 0.717) is 37.5 Å². The third-order valence-corrected chi connectivity index (χ3v) is 4.74. The van der Waals surface area contributed by atoms with E-state index in [1.807, 2.05) is 18.2 Å². The monoisotopic (exact) mass is 337 g/mol. The number of benzene rings is 1. The van der Waals surface area contributed by atoms with Crippen molar-refractivity contribution in [3.05, 3.63) is 34.9 Å². The SMILES string of the molecule is CC1OC2(CCN(C(=O)NCc3ccccc3Cl)CC2)NC1=O. The minimum Gasteiger partial charge on any atom is -0.343 e. The van der Waals surface area contributed by atoms with E-state index in [4.69, 9.17) is 16.3 Å². The molecular formula is C16H20ClN3O3. The Kier molecular flexibility index (Phi) is 4.46. The summed E-state index contributed by atoms with van der Waals surface area (Å²) in [6, 6.07) is 7.30. The highest BCUT2D eigenvalue weighted by atomic mass is 35.5. The van der Waals surface area contributed by atoms with Crippen LogP contribution in [-0.2, 0) is 16.1 Å². The summed E-state index contributed by atoms with van der Waals surface area (Å²) < 4.78 is 5.74. The molecule has 23 heavy (non-hydrogen) atoms. The molecular weight excluding hydrogens is 318 g/mol. The van der Waals surface area contributed by atoms with E-state index in [1.165, 1.54) is 0 Å². The fraction of sp³-hybridized carbons (Fsp3) is 0.500. The first kappa shape index (κ1) is 16.1. The van der Waals surface area contributed by atoms with Crippen molar-refractivity contribution in [2.75, 3.05) is 13.1 Å². The smallest absolute Gasteiger partial charge is 0.317 e. The number of likely N-dealkylation sites (tertiary alicyclic amines) is 1. The van der Waals surface area contributed by atoms with Gasteiger partial charge in [-0.05, 0) is 18.6 Å². The fourth-order valence-electron chi connectivity index (χ4n) is 2.99. The Balaban J connectivity index is 1.51. The molecule has 1 spiro atoms. The molecule has 2 aliphatic heterocycles. The Morgan fingerprint density at radius 2 is 2.13 bits per heavy atom. The van der Waals surface area contributed by atoms with E-state index in [2.05, 4.69) is 10.6 Å². The first-order chi connectivity index (χ1) is 11.0. The van der Waals surface area contributed by atoms with Crippen LogP contribution in [0.3, 0.4) is 0 Å². The number of nitrogens with one attached hydrogen (secondary N) is 2. The van der Waals surface area contributed by atoms with Gasteiger partial charge in [-0.15, -0.1) is 0 Å². The molecule has 3 rings (SSSR count). The van der Waals surface area contributed by atoms with Crippen LogP contribution in [0, 0.1) is 0 Å². The number of hydrogen-bond acceptors (Lipinski definition) is 3. The number of urea groups is 1. The highest BCUT2D eigenvalue weighted by molar-refractivity contribution is 6.31. The lowest BCUT2D eigenvalue weighted by atomic mass is 10.0. The quantitative estimate of drug-likeness (QED) is 0.865. The van der Waals surface area contributed by atoms with Gasteiger partial charge in [0.2, 0.25) is 0 Å². The van der Waals surface area contributed by atoms with Crippen LogP contribution in [0.15, 0.2) is 24.3 Å². The number of hydrogen-bond donors (Lipinski definition) is 2. The summed E-state index contributed by atoms with van der Waals surface area (Å²) in [6.07, 6.45) is 0.779. The zero-order valence-electron chi connectivity index (χ0n) is 13.0. The molecule has 2 heterocycles. The normalized spacial score (nSPS) is 23.0. The van der Waals surface area contributed by atoms with Gasteiger partial charge >= 0.3 is 6.03 Å². The highest BCUT2D eigenvalue weighted by Gasteiger charge is 2.45. The second-order valence-corrected chi connectivity index (χ2v) is 6.39. The average molecular weight is 338 g/mol. The van der Waals surface area contributed by atoms with Crippen molar-refractivity contribution in [1.82, 2.24) is 15.5 Å². The minimum atomic E-state index is -0.601. The molecule has 3 amide bonds. The molecule has 0 bridgehead atoms. The van der Waals surface area contributed by atoms with Gasteiger partial charge in [0.1, 0.15) is 11.8 Å². The summed E-state index contributed by atoms with van der Waals surface area (Å²) in [5, 5.41) is 6.43. The maximum absolute atomic E-state index is 12.3. The van der Waals surface area contributed by atoms with Crippen LogP contribution in [0.1, 0.15) is 25.3 Å². The number of ether oxygens (including phenoxy) is 1. The molecule has 1 aromatic carbocycles. The van der Waals surface area contributed by atoms with Gasteiger partial charge < -0.3 is 20.3 Å². The van der Waals surface area contributed by atoms with E-state index in [9.17, 15) is 9.59 Å². The maximum Gasteiger partial charge on any atom is 0.317 e. The third kappa shape index (κ3) is 3.43. The minimum absolute atomic E-state index is 0.0818. The van der Waals surface area contributed by atoms with Gasteiger partial charge in [0.25, 0.3) is 5.91 Å². The van der Waals surface area contributed by atoms with Crippen LogP contribution in [0.25, 0.3) is 0 Å². The number of nitrogens with zero attached hydrogens (tertiary/aromatic N) is 1. The number of piperidine rings is 1. The van der Waals surface area contributed by atoms with Gasteiger partial charge in [0, 0.05) is 37.5 Å². The molecule has 0 radical (unpaired) electrons. The maximum atomic E-state index is 12.3. The van der Waals surface area contributed by atoms with E-state index in [-0.39, 0.29) is 11.9 Å². The van der Waals surface area contributed by atoms with Crippen molar-refractivity contribution in [1.29, 1.82) is 0 Å². The number of halogens is 1. The van der Waals surface area contributed by atoms with Crippen LogP contribution in [0.4, 0.5) is 4.79 Å². The predicted octanol–water partition coefficient (Wildman–Crippen LogP) is 1.88. The van der Waals surface area contributed by atoms with Crippen LogP contribution >= 0.6 is 11.6 Å². The Bertz CT molecular complexity index is 614. The second kappa shape index (κ2) is 6.37. The second-order valence-electron chi connectivity index (χ2n) is 5.98. The fourth-order valence-corrected chi connectivity index (χ4v) is 3.19. The largest absolute Gasteiger partial charge is 0.343 e. The summed E-state index contributed by atoms with van der Waals surface area (Å²) in [7, 11) is 0. The van der Waals surface area contributed by atoms with Crippen LogP contribution in [0.2, 0.25) is 5.02 Å². The van der Waals surface area contributed by atoms with E-state index in [1.54, 1.807) is 17.9 Å². The standard InChI is InChI=1S/C16H20ClN3O3/c1-11-14(21)19-16(23-11)6-8-20(9-7-16)15(22)18-10-12-4-2-3-5-13(12)17/h2-5,11H,6-10H2,1H3,(H,18,22)(H,19,21). The summed E-state index contributed by atoms with van der Waals surface area (Å²) in [5.41, 5.74) is 0.284. The predicted molar refractivity (Wildman–Crippen MR) is 85.9 cm³/mol. The van der Waals surface area contributed by atoms with Crippen LogP contribution in [0.5, 0.6) is 0 Å². The average Bonchev–Trinajstić information content (AvgIpc) is 2.81. The lowest BCUT2D eigenvalue weighted by Gasteiger charge is -2.38. The molecule has 1 atom stereocenters. The lowest BCUT2D eigenvalue weighted by molar-refractivity contribution is -0.123. The van der Waals surface area contributed by atoms with E-state index in [0.717, 1.165) is 5.56 Å². The van der Waals surface area contributed by atoms with Gasteiger partial charge in [0.05, 0.1) is 0 Å². The summed E-state index contributed by atoms with van der Waals surface area (Å²) >= 11 is 6.08. The van der Waals surface area contributed by atoms with Crippen LogP contribution in [-0.4, -0.2) is 41.8 Å².